The maximum Gasteiger partial charge on any atom is 0.356 e. The van der Waals surface area contributed by atoms with Gasteiger partial charge in [-0.1, -0.05) is 12.1 Å². The lowest BCUT2D eigenvalue weighted by Gasteiger charge is -2.15. The Hall–Kier alpha value is -3.03. The second-order valence-electron chi connectivity index (χ2n) is 4.70. The van der Waals surface area contributed by atoms with Gasteiger partial charge in [0.1, 0.15) is 11.4 Å². The first-order valence-corrected chi connectivity index (χ1v) is 6.90. The number of hydrazine groups is 1. The number of ether oxygens (including phenoxy) is 2. The lowest BCUT2D eigenvalue weighted by atomic mass is 10.2. The van der Waals surface area contributed by atoms with E-state index in [0.29, 0.717) is 6.54 Å². The van der Waals surface area contributed by atoms with Crippen molar-refractivity contribution >= 4 is 17.8 Å². The fourth-order valence-electron chi connectivity index (χ4n) is 1.77. The Morgan fingerprint density at radius 2 is 1.96 bits per heavy atom. The van der Waals surface area contributed by atoms with Gasteiger partial charge in [0.05, 0.1) is 7.11 Å². The molecule has 0 spiro atoms. The van der Waals surface area contributed by atoms with Gasteiger partial charge in [0, 0.05) is 13.0 Å². The Morgan fingerprint density at radius 3 is 2.57 bits per heavy atom. The van der Waals surface area contributed by atoms with Crippen LogP contribution >= 0.6 is 0 Å². The molecule has 1 heterocycles. The number of esters is 1. The molecule has 0 bridgehead atoms. The molecular formula is C15H17N3O5. The van der Waals surface area contributed by atoms with Crippen molar-refractivity contribution in [2.75, 3.05) is 13.7 Å². The minimum Gasteiger partial charge on any atom is -0.497 e. The third-order valence-electron chi connectivity index (χ3n) is 3.03. The minimum atomic E-state index is -0.704. The highest BCUT2D eigenvalue weighted by Crippen LogP contribution is 2.10. The van der Waals surface area contributed by atoms with E-state index in [1.54, 1.807) is 19.2 Å². The average Bonchev–Trinajstić information content (AvgIpc) is 2.59. The number of rotatable bonds is 6. The molecule has 2 amide bonds. The van der Waals surface area contributed by atoms with E-state index in [4.69, 9.17) is 9.47 Å². The zero-order valence-electron chi connectivity index (χ0n) is 12.5. The van der Waals surface area contributed by atoms with Crippen LogP contribution in [0.1, 0.15) is 12.0 Å². The molecule has 0 saturated carbocycles. The largest absolute Gasteiger partial charge is 0.497 e. The number of nitrogens with one attached hydrogen (secondary N) is 3. The molecule has 3 N–H and O–H groups in total. The third kappa shape index (κ3) is 5.03. The third-order valence-corrected chi connectivity index (χ3v) is 3.03. The van der Waals surface area contributed by atoms with Crippen LogP contribution in [-0.2, 0) is 25.7 Å². The highest BCUT2D eigenvalue weighted by Gasteiger charge is 2.17. The molecule has 0 aromatic heterocycles. The van der Waals surface area contributed by atoms with Gasteiger partial charge < -0.3 is 14.8 Å². The fraction of sp³-hybridized carbons (Fsp3) is 0.267. The molecule has 122 valence electrons. The first-order chi connectivity index (χ1) is 11.1. The Balaban J connectivity index is 1.72. The van der Waals surface area contributed by atoms with Gasteiger partial charge in [0.15, 0.2) is 6.61 Å². The van der Waals surface area contributed by atoms with Crippen LogP contribution in [0.15, 0.2) is 36.0 Å². The van der Waals surface area contributed by atoms with Crippen molar-refractivity contribution in [2.24, 2.45) is 0 Å². The van der Waals surface area contributed by atoms with Crippen molar-refractivity contribution < 1.29 is 23.9 Å². The van der Waals surface area contributed by atoms with Crippen LogP contribution < -0.4 is 20.9 Å². The lowest BCUT2D eigenvalue weighted by Crippen LogP contribution is -2.42. The second kappa shape index (κ2) is 7.83. The summed E-state index contributed by atoms with van der Waals surface area (Å²) in [7, 11) is 1.58. The standard InChI is InChI=1S/C15H17N3O5/c1-22-11-4-2-10(3-5-11)8-16-14(20)9-23-15(21)12-6-7-13(19)18-17-12/h2-6,17H,7-9H2,1H3,(H,16,20)(H,18,19). The normalized spacial score (nSPS) is 13.3. The van der Waals surface area contributed by atoms with E-state index in [-0.39, 0.29) is 18.0 Å². The maximum absolute atomic E-state index is 11.7. The van der Waals surface area contributed by atoms with Crippen molar-refractivity contribution in [2.45, 2.75) is 13.0 Å². The van der Waals surface area contributed by atoms with Crippen molar-refractivity contribution in [1.82, 2.24) is 16.2 Å². The van der Waals surface area contributed by atoms with Gasteiger partial charge in [-0.25, -0.2) is 4.79 Å². The average molecular weight is 319 g/mol. The molecule has 0 aliphatic carbocycles. The molecule has 2 rings (SSSR count). The molecule has 8 nitrogen and oxygen atoms in total. The van der Waals surface area contributed by atoms with Crippen molar-refractivity contribution in [3.63, 3.8) is 0 Å². The summed E-state index contributed by atoms with van der Waals surface area (Å²) in [4.78, 5) is 34.2. The van der Waals surface area contributed by atoms with E-state index in [9.17, 15) is 14.4 Å². The van der Waals surface area contributed by atoms with E-state index in [2.05, 4.69) is 16.2 Å². The Bertz CT molecular complexity index is 625. The number of carbonyl (C=O) groups excluding carboxylic acids is 3. The molecule has 0 unspecified atom stereocenters. The van der Waals surface area contributed by atoms with Gasteiger partial charge in [-0.2, -0.15) is 0 Å². The summed E-state index contributed by atoms with van der Waals surface area (Å²) in [5.74, 6) is -0.646. The molecule has 0 saturated heterocycles. The molecule has 1 aromatic carbocycles. The predicted octanol–water partition coefficient (Wildman–Crippen LogP) is -0.237. The van der Waals surface area contributed by atoms with Gasteiger partial charge in [-0.3, -0.25) is 20.4 Å². The van der Waals surface area contributed by atoms with Crippen LogP contribution in [0.2, 0.25) is 0 Å². The highest BCUT2D eigenvalue weighted by molar-refractivity contribution is 5.92. The Morgan fingerprint density at radius 1 is 1.22 bits per heavy atom. The van der Waals surface area contributed by atoms with Crippen molar-refractivity contribution in [3.05, 3.63) is 41.6 Å². The topological polar surface area (TPSA) is 106 Å². The number of hydrogen-bond acceptors (Lipinski definition) is 6. The smallest absolute Gasteiger partial charge is 0.356 e. The molecular weight excluding hydrogens is 302 g/mol. The number of benzene rings is 1. The van der Waals surface area contributed by atoms with Gasteiger partial charge >= 0.3 is 5.97 Å². The molecule has 0 fully saturated rings. The zero-order valence-corrected chi connectivity index (χ0v) is 12.5. The fourth-order valence-corrected chi connectivity index (χ4v) is 1.77. The van der Waals surface area contributed by atoms with Crippen LogP contribution in [-0.4, -0.2) is 31.5 Å². The molecule has 8 heteroatoms. The molecule has 23 heavy (non-hydrogen) atoms. The molecule has 1 aliphatic heterocycles. The molecule has 1 aliphatic rings. The van der Waals surface area contributed by atoms with Crippen LogP contribution in [0.25, 0.3) is 0 Å². The van der Waals surface area contributed by atoms with E-state index in [1.165, 1.54) is 6.08 Å². The molecule has 0 atom stereocenters. The van der Waals surface area contributed by atoms with Crippen LogP contribution in [0.3, 0.4) is 0 Å². The summed E-state index contributed by atoms with van der Waals surface area (Å²) in [5.41, 5.74) is 5.69. The minimum absolute atomic E-state index is 0.0844. The zero-order chi connectivity index (χ0) is 16.7. The summed E-state index contributed by atoms with van der Waals surface area (Å²) < 4.78 is 9.89. The summed E-state index contributed by atoms with van der Waals surface area (Å²) in [6.45, 7) is -0.0840. The SMILES string of the molecule is COc1ccc(CNC(=O)COC(=O)C2=CCC(=O)NN2)cc1. The highest BCUT2D eigenvalue weighted by atomic mass is 16.5. The van der Waals surface area contributed by atoms with Crippen molar-refractivity contribution in [3.8, 4) is 5.75 Å². The molecule has 1 aromatic rings. The number of carbonyl (C=O) groups is 3. The van der Waals surface area contributed by atoms with Crippen LogP contribution in [0, 0.1) is 0 Å². The first-order valence-electron chi connectivity index (χ1n) is 6.90. The summed E-state index contributed by atoms with van der Waals surface area (Å²) in [5, 5.41) is 2.64. The number of hydrogen-bond donors (Lipinski definition) is 3. The first kappa shape index (κ1) is 16.3. The number of amides is 2. The maximum atomic E-state index is 11.7. The summed E-state index contributed by atoms with van der Waals surface area (Å²) in [6.07, 6.45) is 1.48. The Kier molecular flexibility index (Phi) is 5.56. The van der Waals surface area contributed by atoms with E-state index >= 15 is 0 Å². The van der Waals surface area contributed by atoms with E-state index in [1.807, 2.05) is 12.1 Å². The van der Waals surface area contributed by atoms with Gasteiger partial charge in [0.2, 0.25) is 5.91 Å². The van der Waals surface area contributed by atoms with Gasteiger partial charge in [0.25, 0.3) is 5.91 Å². The van der Waals surface area contributed by atoms with E-state index < -0.39 is 18.5 Å². The van der Waals surface area contributed by atoms with Crippen LogP contribution in [0.5, 0.6) is 5.75 Å². The summed E-state index contributed by atoms with van der Waals surface area (Å²) in [6, 6.07) is 7.23. The lowest BCUT2D eigenvalue weighted by molar-refractivity contribution is -0.145. The van der Waals surface area contributed by atoms with E-state index in [0.717, 1.165) is 11.3 Å². The predicted molar refractivity (Wildman–Crippen MR) is 79.8 cm³/mol. The Labute approximate surface area is 132 Å². The van der Waals surface area contributed by atoms with Crippen LogP contribution in [0.4, 0.5) is 0 Å². The molecule has 0 radical (unpaired) electrons. The second-order valence-corrected chi connectivity index (χ2v) is 4.70. The van der Waals surface area contributed by atoms with Crippen molar-refractivity contribution in [1.29, 1.82) is 0 Å². The van der Waals surface area contributed by atoms with Gasteiger partial charge in [-0.15, -0.1) is 0 Å². The monoisotopic (exact) mass is 319 g/mol. The summed E-state index contributed by atoms with van der Waals surface area (Å²) >= 11 is 0. The van der Waals surface area contributed by atoms with Gasteiger partial charge in [-0.05, 0) is 23.8 Å². The number of methoxy groups -OCH3 is 1. The quantitative estimate of drug-likeness (QED) is 0.625.